The lowest BCUT2D eigenvalue weighted by Crippen LogP contribution is -2.40. The first kappa shape index (κ1) is 21.8. The molecular weight excluding hydrogens is 452 g/mol. The van der Waals surface area contributed by atoms with Gasteiger partial charge in [0.1, 0.15) is 17.0 Å². The minimum atomic E-state index is -0.440. The Morgan fingerprint density at radius 1 is 1.00 bits per heavy atom. The van der Waals surface area contributed by atoms with Crippen LogP contribution in [0, 0.1) is 13.8 Å². The van der Waals surface area contributed by atoms with E-state index < -0.39 is 5.69 Å². The summed E-state index contributed by atoms with van der Waals surface area (Å²) in [5.41, 5.74) is 3.72. The lowest BCUT2D eigenvalue weighted by atomic mass is 10.1. The number of benzene rings is 2. The minimum absolute atomic E-state index is 0.0578. The summed E-state index contributed by atoms with van der Waals surface area (Å²) in [7, 11) is 1.58. The Labute approximate surface area is 198 Å². The van der Waals surface area contributed by atoms with Crippen LogP contribution in [0.1, 0.15) is 22.6 Å². The first-order valence-corrected chi connectivity index (χ1v) is 11.6. The number of hydrogen-bond acceptors (Lipinski definition) is 7. The third kappa shape index (κ3) is 3.94. The monoisotopic (exact) mass is 474 g/mol. The molecule has 0 bridgehead atoms. The Kier molecular flexibility index (Phi) is 5.62. The van der Waals surface area contributed by atoms with Crippen LogP contribution in [0.5, 0.6) is 5.75 Å². The fourth-order valence-electron chi connectivity index (χ4n) is 3.83. The lowest BCUT2D eigenvalue weighted by molar-refractivity contribution is 0.369. The van der Waals surface area contributed by atoms with Gasteiger partial charge in [-0.05, 0) is 60.2 Å². The average molecular weight is 475 g/mol. The van der Waals surface area contributed by atoms with Gasteiger partial charge in [-0.15, -0.1) is 11.3 Å². The summed E-state index contributed by atoms with van der Waals surface area (Å²) in [5, 5.41) is 5.89. The number of methoxy groups -OCH3 is 1. The van der Waals surface area contributed by atoms with Gasteiger partial charge in [0, 0.05) is 5.56 Å². The van der Waals surface area contributed by atoms with Gasteiger partial charge in [-0.3, -0.25) is 13.9 Å². The first-order chi connectivity index (χ1) is 16.4. The molecule has 0 atom stereocenters. The summed E-state index contributed by atoms with van der Waals surface area (Å²) >= 11 is 1.30. The van der Waals surface area contributed by atoms with Crippen LogP contribution in [-0.2, 0) is 13.1 Å². The second kappa shape index (κ2) is 8.75. The number of nitrogens with zero attached hydrogens (tertiary/aromatic N) is 4. The molecule has 0 aliphatic carbocycles. The molecule has 0 radical (unpaired) electrons. The molecular formula is C25H22N4O4S. The Balaban J connectivity index is 1.54. The van der Waals surface area contributed by atoms with E-state index in [0.717, 1.165) is 16.7 Å². The van der Waals surface area contributed by atoms with Crippen LogP contribution in [0.2, 0.25) is 0 Å². The van der Waals surface area contributed by atoms with Crippen molar-refractivity contribution in [3.63, 3.8) is 0 Å². The molecule has 9 heteroatoms. The Morgan fingerprint density at radius 2 is 1.85 bits per heavy atom. The van der Waals surface area contributed by atoms with Crippen LogP contribution in [0.4, 0.5) is 0 Å². The molecule has 0 saturated heterocycles. The molecule has 0 saturated carbocycles. The first-order valence-electron chi connectivity index (χ1n) is 10.7. The second-order valence-corrected chi connectivity index (χ2v) is 8.97. The van der Waals surface area contributed by atoms with E-state index in [0.29, 0.717) is 21.8 Å². The summed E-state index contributed by atoms with van der Waals surface area (Å²) in [6.45, 7) is 4.25. The van der Waals surface area contributed by atoms with Crippen molar-refractivity contribution in [3.8, 4) is 17.1 Å². The highest BCUT2D eigenvalue weighted by Gasteiger charge is 2.18. The highest BCUT2D eigenvalue weighted by atomic mass is 32.1. The maximum atomic E-state index is 13.4. The van der Waals surface area contributed by atoms with Gasteiger partial charge in [0.25, 0.3) is 5.56 Å². The summed E-state index contributed by atoms with van der Waals surface area (Å²) in [4.78, 5) is 31.0. The quantitative estimate of drug-likeness (QED) is 0.369. The Morgan fingerprint density at radius 3 is 2.65 bits per heavy atom. The molecule has 5 rings (SSSR count). The molecule has 8 nitrogen and oxygen atoms in total. The lowest BCUT2D eigenvalue weighted by Gasteiger charge is -2.11. The topological polar surface area (TPSA) is 92.2 Å². The van der Waals surface area contributed by atoms with Crippen LogP contribution in [0.3, 0.4) is 0 Å². The van der Waals surface area contributed by atoms with Crippen LogP contribution in [0.25, 0.3) is 21.6 Å². The molecule has 0 spiro atoms. The molecule has 0 aliphatic rings. The number of hydrogen-bond donors (Lipinski definition) is 0. The van der Waals surface area contributed by atoms with Crippen LogP contribution in [-0.4, -0.2) is 26.4 Å². The predicted molar refractivity (Wildman–Crippen MR) is 131 cm³/mol. The van der Waals surface area contributed by atoms with Crippen molar-refractivity contribution in [1.29, 1.82) is 0 Å². The zero-order valence-corrected chi connectivity index (χ0v) is 19.8. The molecule has 0 fully saturated rings. The zero-order valence-electron chi connectivity index (χ0n) is 18.9. The Bertz CT molecular complexity index is 1630. The smallest absolute Gasteiger partial charge is 0.332 e. The van der Waals surface area contributed by atoms with Gasteiger partial charge in [-0.2, -0.15) is 4.98 Å². The number of aromatic nitrogens is 4. The number of fused-ring (bicyclic) bond motifs is 1. The van der Waals surface area contributed by atoms with Gasteiger partial charge in [0.2, 0.25) is 11.7 Å². The molecule has 2 aromatic carbocycles. The minimum Gasteiger partial charge on any atom is -0.497 e. The van der Waals surface area contributed by atoms with Gasteiger partial charge in [-0.25, -0.2) is 4.79 Å². The second-order valence-electron chi connectivity index (χ2n) is 8.06. The van der Waals surface area contributed by atoms with E-state index in [4.69, 9.17) is 9.26 Å². The van der Waals surface area contributed by atoms with Crippen molar-refractivity contribution in [2.24, 2.45) is 0 Å². The van der Waals surface area contributed by atoms with E-state index in [2.05, 4.69) is 10.1 Å². The van der Waals surface area contributed by atoms with Gasteiger partial charge in [0.05, 0.1) is 19.2 Å². The molecule has 5 aromatic rings. The average Bonchev–Trinajstić information content (AvgIpc) is 3.51. The van der Waals surface area contributed by atoms with E-state index in [-0.39, 0.29) is 24.5 Å². The normalized spacial score (nSPS) is 11.3. The van der Waals surface area contributed by atoms with Crippen LogP contribution >= 0.6 is 11.3 Å². The van der Waals surface area contributed by atoms with Crippen LogP contribution in [0.15, 0.2) is 68.0 Å². The van der Waals surface area contributed by atoms with Gasteiger partial charge in [0.15, 0.2) is 0 Å². The molecule has 3 aromatic heterocycles. The van der Waals surface area contributed by atoms with Crippen molar-refractivity contribution in [2.75, 3.05) is 7.11 Å². The third-order valence-corrected chi connectivity index (χ3v) is 6.73. The van der Waals surface area contributed by atoms with E-state index >= 15 is 0 Å². The predicted octanol–water partition coefficient (Wildman–Crippen LogP) is 4.00. The van der Waals surface area contributed by atoms with Crippen molar-refractivity contribution >= 4 is 21.6 Å². The molecule has 0 aliphatic heterocycles. The van der Waals surface area contributed by atoms with E-state index in [1.807, 2.05) is 56.3 Å². The van der Waals surface area contributed by atoms with E-state index in [1.54, 1.807) is 18.6 Å². The van der Waals surface area contributed by atoms with E-state index in [1.165, 1.54) is 26.0 Å². The third-order valence-electron chi connectivity index (χ3n) is 5.84. The summed E-state index contributed by atoms with van der Waals surface area (Å²) in [6.07, 6.45) is 0. The highest BCUT2D eigenvalue weighted by Crippen LogP contribution is 2.21. The molecule has 0 N–H and O–H groups in total. The van der Waals surface area contributed by atoms with Crippen molar-refractivity contribution in [2.45, 2.75) is 26.9 Å². The van der Waals surface area contributed by atoms with Gasteiger partial charge >= 0.3 is 5.69 Å². The van der Waals surface area contributed by atoms with E-state index in [9.17, 15) is 9.59 Å². The molecule has 34 heavy (non-hydrogen) atoms. The number of thiophene rings is 1. The molecule has 172 valence electrons. The molecule has 3 heterocycles. The van der Waals surface area contributed by atoms with Crippen molar-refractivity contribution in [1.82, 2.24) is 19.3 Å². The fraction of sp³-hybridized carbons (Fsp3) is 0.200. The standard InChI is InChI=1S/C25H22N4O4S/c1-15-7-8-18(11-16(15)2)23-26-21(33-27-23)14-28-20-9-10-34-22(20)24(30)29(25(28)31)13-17-5-4-6-19(12-17)32-3/h4-12H,13-14H2,1-3H3. The highest BCUT2D eigenvalue weighted by molar-refractivity contribution is 7.17. The molecule has 0 amide bonds. The Hall–Kier alpha value is -3.98. The summed E-state index contributed by atoms with van der Waals surface area (Å²) in [5.74, 6) is 1.40. The summed E-state index contributed by atoms with van der Waals surface area (Å²) < 4.78 is 14.0. The molecule has 0 unspecified atom stereocenters. The largest absolute Gasteiger partial charge is 0.497 e. The van der Waals surface area contributed by atoms with Crippen LogP contribution < -0.4 is 16.0 Å². The maximum Gasteiger partial charge on any atom is 0.332 e. The number of aryl methyl sites for hydroxylation is 2. The maximum absolute atomic E-state index is 13.4. The van der Waals surface area contributed by atoms with Gasteiger partial charge in [-0.1, -0.05) is 29.4 Å². The number of ether oxygens (including phenoxy) is 1. The SMILES string of the molecule is COc1cccc(Cn2c(=O)c3sccc3n(Cc3nc(-c4ccc(C)c(C)c4)no3)c2=O)c1. The van der Waals surface area contributed by atoms with Crippen molar-refractivity contribution < 1.29 is 9.26 Å². The zero-order chi connectivity index (χ0) is 23.8. The summed E-state index contributed by atoms with van der Waals surface area (Å²) in [6, 6.07) is 15.0. The fourth-order valence-corrected chi connectivity index (χ4v) is 4.67. The van der Waals surface area contributed by atoms with Crippen molar-refractivity contribution in [3.05, 3.63) is 97.3 Å². The number of rotatable bonds is 6. The van der Waals surface area contributed by atoms with Gasteiger partial charge < -0.3 is 9.26 Å².